The standard InChI is InChI=1S/C10H24N4.HI/c1-3-7-14(8-4-2)9-5-6-13-10(11)12;/h3-9H2,1-2H3,(H4,11,12,13);1H. The Morgan fingerprint density at radius 3 is 2.00 bits per heavy atom. The molecule has 0 aliphatic heterocycles. The van der Waals surface area contributed by atoms with Crippen LogP contribution in [0, 0.1) is 0 Å². The molecule has 0 saturated heterocycles. The van der Waals surface area contributed by atoms with Gasteiger partial charge in [0.1, 0.15) is 0 Å². The van der Waals surface area contributed by atoms with Crippen molar-refractivity contribution in [1.82, 2.24) is 4.90 Å². The van der Waals surface area contributed by atoms with Gasteiger partial charge in [0.05, 0.1) is 0 Å². The Balaban J connectivity index is 0. The number of nitrogens with two attached hydrogens (primary N) is 2. The van der Waals surface area contributed by atoms with Gasteiger partial charge in [0.25, 0.3) is 0 Å². The molecule has 0 unspecified atom stereocenters. The Hall–Kier alpha value is -0.0400. The molecular formula is C10H25IN4. The van der Waals surface area contributed by atoms with Crippen LogP contribution in [-0.4, -0.2) is 37.0 Å². The smallest absolute Gasteiger partial charge is 0.185 e. The van der Waals surface area contributed by atoms with Gasteiger partial charge in [-0.1, -0.05) is 13.8 Å². The average molecular weight is 328 g/mol. The summed E-state index contributed by atoms with van der Waals surface area (Å²) >= 11 is 0. The van der Waals surface area contributed by atoms with Crippen molar-refractivity contribution in [3.8, 4) is 0 Å². The Morgan fingerprint density at radius 1 is 1.07 bits per heavy atom. The molecule has 0 aromatic rings. The lowest BCUT2D eigenvalue weighted by Gasteiger charge is -2.20. The van der Waals surface area contributed by atoms with E-state index in [-0.39, 0.29) is 29.9 Å². The van der Waals surface area contributed by atoms with Crippen molar-refractivity contribution in [3.63, 3.8) is 0 Å². The molecule has 0 atom stereocenters. The van der Waals surface area contributed by atoms with E-state index in [1.54, 1.807) is 0 Å². The molecule has 0 amide bonds. The number of guanidine groups is 1. The third-order valence-electron chi connectivity index (χ3n) is 2.01. The first kappa shape index (κ1) is 17.4. The molecule has 4 N–H and O–H groups in total. The van der Waals surface area contributed by atoms with Gasteiger partial charge in [-0.15, -0.1) is 24.0 Å². The van der Waals surface area contributed by atoms with Gasteiger partial charge in [-0.25, -0.2) is 0 Å². The largest absolute Gasteiger partial charge is 0.370 e. The summed E-state index contributed by atoms with van der Waals surface area (Å²) in [6.07, 6.45) is 3.46. The van der Waals surface area contributed by atoms with E-state index in [1.165, 1.54) is 25.9 Å². The summed E-state index contributed by atoms with van der Waals surface area (Å²) in [6, 6.07) is 0. The second kappa shape index (κ2) is 12.0. The van der Waals surface area contributed by atoms with Crippen LogP contribution in [0.25, 0.3) is 0 Å². The molecule has 92 valence electrons. The topological polar surface area (TPSA) is 67.6 Å². The van der Waals surface area contributed by atoms with E-state index >= 15 is 0 Å². The molecule has 5 heteroatoms. The maximum atomic E-state index is 5.24. The maximum absolute atomic E-state index is 5.24. The van der Waals surface area contributed by atoms with Crippen molar-refractivity contribution in [3.05, 3.63) is 0 Å². The van der Waals surface area contributed by atoms with Gasteiger partial charge >= 0.3 is 0 Å². The molecule has 0 aromatic carbocycles. The van der Waals surface area contributed by atoms with Crippen molar-refractivity contribution >= 4 is 29.9 Å². The highest BCUT2D eigenvalue weighted by molar-refractivity contribution is 14.0. The number of hydrogen-bond donors (Lipinski definition) is 2. The van der Waals surface area contributed by atoms with Crippen LogP contribution in [0.15, 0.2) is 4.99 Å². The Morgan fingerprint density at radius 2 is 1.60 bits per heavy atom. The molecule has 0 saturated carbocycles. The van der Waals surface area contributed by atoms with Gasteiger partial charge in [0.15, 0.2) is 5.96 Å². The number of halogens is 1. The minimum absolute atomic E-state index is 0. The monoisotopic (exact) mass is 328 g/mol. The first-order valence-corrected chi connectivity index (χ1v) is 5.48. The van der Waals surface area contributed by atoms with Gasteiger partial charge in [0, 0.05) is 6.54 Å². The molecule has 0 aliphatic rings. The first-order chi connectivity index (χ1) is 6.70. The fraction of sp³-hybridized carbons (Fsp3) is 0.900. The lowest BCUT2D eigenvalue weighted by atomic mass is 10.3. The Bertz CT molecular complexity index is 152. The molecule has 4 nitrogen and oxygen atoms in total. The second-order valence-corrected chi connectivity index (χ2v) is 3.50. The summed E-state index contributed by atoms with van der Waals surface area (Å²) in [6.45, 7) is 8.60. The molecule has 15 heavy (non-hydrogen) atoms. The molecule has 0 aromatic heterocycles. The van der Waals surface area contributed by atoms with Gasteiger partial charge in [-0.05, 0) is 38.9 Å². The minimum Gasteiger partial charge on any atom is -0.370 e. The number of rotatable bonds is 8. The highest BCUT2D eigenvalue weighted by Crippen LogP contribution is 1.96. The summed E-state index contributed by atoms with van der Waals surface area (Å²) in [4.78, 5) is 6.42. The van der Waals surface area contributed by atoms with Crippen molar-refractivity contribution in [2.45, 2.75) is 33.1 Å². The van der Waals surface area contributed by atoms with E-state index in [9.17, 15) is 0 Å². The van der Waals surface area contributed by atoms with E-state index in [0.717, 1.165) is 19.5 Å². The highest BCUT2D eigenvalue weighted by Gasteiger charge is 2.00. The van der Waals surface area contributed by atoms with Crippen molar-refractivity contribution < 1.29 is 0 Å². The van der Waals surface area contributed by atoms with Crippen molar-refractivity contribution in [2.75, 3.05) is 26.2 Å². The number of nitrogens with zero attached hydrogens (tertiary/aromatic N) is 2. The zero-order valence-corrected chi connectivity index (χ0v) is 12.2. The van der Waals surface area contributed by atoms with Crippen molar-refractivity contribution in [2.24, 2.45) is 16.5 Å². The van der Waals surface area contributed by atoms with E-state index in [1.807, 2.05) is 0 Å². The molecule has 0 spiro atoms. The quantitative estimate of drug-likeness (QED) is 0.306. The van der Waals surface area contributed by atoms with E-state index in [2.05, 4.69) is 23.7 Å². The van der Waals surface area contributed by atoms with Crippen LogP contribution in [0.2, 0.25) is 0 Å². The second-order valence-electron chi connectivity index (χ2n) is 3.50. The predicted octanol–water partition coefficient (Wildman–Crippen LogP) is 1.39. The fourth-order valence-corrected chi connectivity index (χ4v) is 1.47. The Kier molecular flexibility index (Phi) is 13.9. The van der Waals surface area contributed by atoms with E-state index in [4.69, 9.17) is 11.5 Å². The van der Waals surface area contributed by atoms with E-state index in [0.29, 0.717) is 0 Å². The summed E-state index contributed by atoms with van der Waals surface area (Å²) in [5.41, 5.74) is 10.5. The highest BCUT2D eigenvalue weighted by atomic mass is 127. The molecule has 0 aliphatic carbocycles. The van der Waals surface area contributed by atoms with E-state index < -0.39 is 0 Å². The molecule has 0 radical (unpaired) electrons. The third kappa shape index (κ3) is 11.9. The van der Waals surface area contributed by atoms with Gasteiger partial charge < -0.3 is 16.4 Å². The lowest BCUT2D eigenvalue weighted by Crippen LogP contribution is -2.27. The van der Waals surface area contributed by atoms with Crippen LogP contribution in [0.1, 0.15) is 33.1 Å². The number of hydrogen-bond acceptors (Lipinski definition) is 2. The van der Waals surface area contributed by atoms with Gasteiger partial charge in [0.2, 0.25) is 0 Å². The van der Waals surface area contributed by atoms with Crippen molar-refractivity contribution in [1.29, 1.82) is 0 Å². The summed E-state index contributed by atoms with van der Waals surface area (Å²) in [7, 11) is 0. The predicted molar refractivity (Wildman–Crippen MR) is 77.7 cm³/mol. The third-order valence-corrected chi connectivity index (χ3v) is 2.01. The zero-order chi connectivity index (χ0) is 10.8. The summed E-state index contributed by atoms with van der Waals surface area (Å²) in [5.74, 6) is 0.197. The van der Waals surface area contributed by atoms with Crippen LogP contribution in [-0.2, 0) is 0 Å². The number of aliphatic imine (C=N–C) groups is 1. The average Bonchev–Trinajstić information content (AvgIpc) is 2.12. The fourth-order valence-electron chi connectivity index (χ4n) is 1.47. The minimum atomic E-state index is 0. The maximum Gasteiger partial charge on any atom is 0.185 e. The SMILES string of the molecule is CCCN(CCC)CCCN=C(N)N.I. The lowest BCUT2D eigenvalue weighted by molar-refractivity contribution is 0.273. The summed E-state index contributed by atoms with van der Waals surface area (Å²) < 4.78 is 0. The van der Waals surface area contributed by atoms with Gasteiger partial charge in [-0.2, -0.15) is 0 Å². The molecule has 0 rings (SSSR count). The molecule has 0 fully saturated rings. The molecular weight excluding hydrogens is 303 g/mol. The van der Waals surface area contributed by atoms with Crippen LogP contribution in [0.3, 0.4) is 0 Å². The first-order valence-electron chi connectivity index (χ1n) is 5.48. The Labute approximate surface area is 111 Å². The molecule has 0 heterocycles. The molecule has 0 bridgehead atoms. The van der Waals surface area contributed by atoms with Crippen LogP contribution < -0.4 is 11.5 Å². The van der Waals surface area contributed by atoms with Gasteiger partial charge in [-0.3, -0.25) is 4.99 Å². The van der Waals surface area contributed by atoms with Crippen LogP contribution in [0.4, 0.5) is 0 Å². The normalized spacial score (nSPS) is 9.80. The summed E-state index contributed by atoms with van der Waals surface area (Å²) in [5, 5.41) is 0. The van der Waals surface area contributed by atoms with Crippen LogP contribution in [0.5, 0.6) is 0 Å². The zero-order valence-electron chi connectivity index (χ0n) is 9.91. The van der Waals surface area contributed by atoms with Crippen LogP contribution >= 0.6 is 24.0 Å².